The number of hydrogen-bond acceptors (Lipinski definition) is 4. The molecule has 4 rings (SSSR count). The summed E-state index contributed by atoms with van der Waals surface area (Å²) in [6, 6.07) is 27.7. The second-order valence-corrected chi connectivity index (χ2v) is 8.05. The second kappa shape index (κ2) is 8.88. The average molecular weight is 400 g/mol. The first kappa shape index (κ1) is 19.2. The number of fused-ring (bicyclic) bond motifs is 1. The second-order valence-electron chi connectivity index (χ2n) is 6.72. The molecule has 0 saturated heterocycles. The van der Waals surface area contributed by atoms with Crippen molar-refractivity contribution in [2.24, 2.45) is 0 Å². The van der Waals surface area contributed by atoms with Crippen LogP contribution in [0, 0.1) is 0 Å². The van der Waals surface area contributed by atoms with Crippen LogP contribution in [0.5, 0.6) is 0 Å². The fourth-order valence-electron chi connectivity index (χ4n) is 3.20. The summed E-state index contributed by atoms with van der Waals surface area (Å²) >= 11 is 1.45. The molecule has 1 heterocycles. The Hall–Kier alpha value is -3.18. The predicted octanol–water partition coefficient (Wildman–Crippen LogP) is 5.02. The van der Waals surface area contributed by atoms with Gasteiger partial charge < -0.3 is 5.32 Å². The molecule has 1 amide bonds. The molecule has 5 heteroatoms. The highest BCUT2D eigenvalue weighted by Gasteiger charge is 2.22. The monoisotopic (exact) mass is 399 g/mol. The third-order valence-corrected chi connectivity index (χ3v) is 5.83. The smallest absolute Gasteiger partial charge is 0.234 e. The molecule has 144 valence electrons. The molecule has 0 radical (unpaired) electrons. The van der Waals surface area contributed by atoms with Crippen LogP contribution in [0.4, 0.5) is 0 Å². The van der Waals surface area contributed by atoms with Gasteiger partial charge in [0.05, 0.1) is 16.8 Å². The van der Waals surface area contributed by atoms with Gasteiger partial charge in [0.15, 0.2) is 0 Å². The molecule has 0 aliphatic heterocycles. The average Bonchev–Trinajstić information content (AvgIpc) is 2.78. The summed E-state index contributed by atoms with van der Waals surface area (Å²) in [5.41, 5.74) is 2.98. The molecule has 4 aromatic rings. The first-order chi connectivity index (χ1) is 14.2. The van der Waals surface area contributed by atoms with Gasteiger partial charge in [0.1, 0.15) is 11.4 Å². The molecule has 0 spiro atoms. The zero-order valence-electron chi connectivity index (χ0n) is 16.0. The molecular weight excluding hydrogens is 378 g/mol. The van der Waals surface area contributed by atoms with Gasteiger partial charge in [0, 0.05) is 5.39 Å². The zero-order chi connectivity index (χ0) is 20.1. The number of amides is 1. The van der Waals surface area contributed by atoms with Crippen LogP contribution in [-0.4, -0.2) is 21.1 Å². The molecule has 0 saturated carbocycles. The minimum absolute atomic E-state index is 0.0320. The van der Waals surface area contributed by atoms with Gasteiger partial charge >= 0.3 is 0 Å². The highest BCUT2D eigenvalue weighted by atomic mass is 32.2. The van der Waals surface area contributed by atoms with E-state index in [4.69, 9.17) is 0 Å². The summed E-state index contributed by atoms with van der Waals surface area (Å²) in [6.45, 7) is 1.91. The van der Waals surface area contributed by atoms with Gasteiger partial charge in [-0.3, -0.25) is 4.79 Å². The molecule has 29 heavy (non-hydrogen) atoms. The Morgan fingerprint density at radius 2 is 1.41 bits per heavy atom. The highest BCUT2D eigenvalue weighted by Crippen LogP contribution is 2.29. The topological polar surface area (TPSA) is 54.9 Å². The van der Waals surface area contributed by atoms with Crippen molar-refractivity contribution in [2.45, 2.75) is 23.2 Å². The van der Waals surface area contributed by atoms with Crippen molar-refractivity contribution in [3.63, 3.8) is 0 Å². The number of hydrogen-bond donors (Lipinski definition) is 1. The summed E-state index contributed by atoms with van der Waals surface area (Å²) in [5.74, 6) is -0.0320. The van der Waals surface area contributed by atoms with Crippen molar-refractivity contribution in [1.82, 2.24) is 15.3 Å². The maximum absolute atomic E-state index is 13.1. The number of nitrogens with zero attached hydrogens (tertiary/aromatic N) is 2. The highest BCUT2D eigenvalue weighted by molar-refractivity contribution is 8.00. The van der Waals surface area contributed by atoms with Crippen molar-refractivity contribution < 1.29 is 4.79 Å². The Morgan fingerprint density at radius 1 is 0.828 bits per heavy atom. The minimum atomic E-state index is -0.303. The number of nitrogens with one attached hydrogen (secondary N) is 1. The van der Waals surface area contributed by atoms with E-state index in [-0.39, 0.29) is 17.2 Å². The fraction of sp³-hybridized carbons (Fsp3) is 0.125. The van der Waals surface area contributed by atoms with Crippen LogP contribution >= 0.6 is 11.8 Å². The number of thioether (sulfide) groups is 1. The number of rotatable bonds is 6. The quantitative estimate of drug-likeness (QED) is 0.365. The van der Waals surface area contributed by atoms with Gasteiger partial charge in [-0.25, -0.2) is 9.97 Å². The van der Waals surface area contributed by atoms with E-state index in [9.17, 15) is 4.79 Å². The minimum Gasteiger partial charge on any atom is -0.344 e. The lowest BCUT2D eigenvalue weighted by molar-refractivity contribution is -0.120. The van der Waals surface area contributed by atoms with Gasteiger partial charge in [-0.15, -0.1) is 0 Å². The Balaban J connectivity index is 1.56. The fourth-order valence-corrected chi connectivity index (χ4v) is 4.12. The molecule has 1 aromatic heterocycles. The summed E-state index contributed by atoms with van der Waals surface area (Å²) in [5, 5.41) is 4.69. The van der Waals surface area contributed by atoms with Crippen LogP contribution in [-0.2, 0) is 4.79 Å². The van der Waals surface area contributed by atoms with Crippen LogP contribution in [0.3, 0.4) is 0 Å². The van der Waals surface area contributed by atoms with Crippen LogP contribution in [0.2, 0.25) is 0 Å². The van der Waals surface area contributed by atoms with Gasteiger partial charge in [-0.05, 0) is 24.1 Å². The third-order valence-electron chi connectivity index (χ3n) is 4.72. The van der Waals surface area contributed by atoms with Gasteiger partial charge in [0.2, 0.25) is 5.91 Å². The molecule has 0 bridgehead atoms. The van der Waals surface area contributed by atoms with Crippen molar-refractivity contribution in [3.05, 3.63) is 102 Å². The Labute approximate surface area is 174 Å². The molecule has 3 aromatic carbocycles. The number of aromatic nitrogens is 2. The van der Waals surface area contributed by atoms with Crippen LogP contribution in [0.1, 0.15) is 24.1 Å². The summed E-state index contributed by atoms with van der Waals surface area (Å²) in [6.07, 6.45) is 1.55. The van der Waals surface area contributed by atoms with Crippen molar-refractivity contribution in [3.8, 4) is 0 Å². The molecule has 0 aliphatic rings. The number of carbonyl (C=O) groups excluding carboxylic acids is 1. The van der Waals surface area contributed by atoms with Crippen molar-refractivity contribution >= 4 is 28.6 Å². The van der Waals surface area contributed by atoms with E-state index in [0.29, 0.717) is 0 Å². The predicted molar refractivity (Wildman–Crippen MR) is 118 cm³/mol. The van der Waals surface area contributed by atoms with E-state index >= 15 is 0 Å². The lowest BCUT2D eigenvalue weighted by atomic mass is 9.98. The Kier molecular flexibility index (Phi) is 5.86. The zero-order valence-corrected chi connectivity index (χ0v) is 16.8. The maximum atomic E-state index is 13.1. The third kappa shape index (κ3) is 4.46. The molecule has 1 atom stereocenters. The Morgan fingerprint density at radius 3 is 2.07 bits per heavy atom. The van der Waals surface area contributed by atoms with Crippen molar-refractivity contribution in [1.29, 1.82) is 0 Å². The van der Waals surface area contributed by atoms with E-state index in [1.54, 1.807) is 6.33 Å². The number of para-hydroxylation sites is 1. The van der Waals surface area contributed by atoms with Gasteiger partial charge in [-0.1, -0.05) is 90.6 Å². The lowest BCUT2D eigenvalue weighted by Gasteiger charge is -2.22. The molecule has 1 unspecified atom stereocenters. The summed E-state index contributed by atoms with van der Waals surface area (Å²) < 4.78 is 0. The standard InChI is InChI=1S/C24H21N3OS/c1-17(29-24-20-14-8-9-15-21(20)25-16-26-24)23(28)27-22(18-10-4-2-5-11-18)19-12-6-3-7-13-19/h2-17,22H,1H3,(H,27,28). The molecular formula is C24H21N3OS. The molecule has 1 N–H and O–H groups in total. The summed E-state index contributed by atoms with van der Waals surface area (Å²) in [4.78, 5) is 21.8. The molecule has 4 nitrogen and oxygen atoms in total. The largest absolute Gasteiger partial charge is 0.344 e. The molecule has 0 fully saturated rings. The lowest BCUT2D eigenvalue weighted by Crippen LogP contribution is -2.35. The van der Waals surface area contributed by atoms with E-state index in [1.165, 1.54) is 11.8 Å². The van der Waals surface area contributed by atoms with Crippen molar-refractivity contribution in [2.75, 3.05) is 0 Å². The van der Waals surface area contributed by atoms with E-state index in [0.717, 1.165) is 27.1 Å². The van der Waals surface area contributed by atoms with Crippen LogP contribution < -0.4 is 5.32 Å². The number of carbonyl (C=O) groups is 1. The van der Waals surface area contributed by atoms with Crippen LogP contribution in [0.15, 0.2) is 96.3 Å². The molecule has 0 aliphatic carbocycles. The van der Waals surface area contributed by atoms with E-state index in [1.807, 2.05) is 91.9 Å². The van der Waals surface area contributed by atoms with E-state index in [2.05, 4.69) is 15.3 Å². The normalized spacial score (nSPS) is 12.1. The van der Waals surface area contributed by atoms with E-state index < -0.39 is 0 Å². The maximum Gasteiger partial charge on any atom is 0.234 e. The van der Waals surface area contributed by atoms with Gasteiger partial charge in [-0.2, -0.15) is 0 Å². The van der Waals surface area contributed by atoms with Gasteiger partial charge in [0.25, 0.3) is 0 Å². The summed E-state index contributed by atoms with van der Waals surface area (Å²) in [7, 11) is 0. The van der Waals surface area contributed by atoms with Crippen LogP contribution in [0.25, 0.3) is 10.9 Å². The first-order valence-corrected chi connectivity index (χ1v) is 10.4. The SMILES string of the molecule is CC(Sc1ncnc2ccccc12)C(=O)NC(c1ccccc1)c1ccccc1. The first-order valence-electron chi connectivity index (χ1n) is 9.49. The Bertz CT molecular complexity index is 1060. The number of benzene rings is 3.